The number of nitrogens with one attached hydrogen (secondary N) is 1. The predicted molar refractivity (Wildman–Crippen MR) is 93.7 cm³/mol. The quantitative estimate of drug-likeness (QED) is 0.919. The lowest BCUT2D eigenvalue weighted by molar-refractivity contribution is -0.125. The fraction of sp³-hybridized carbons (Fsp3) is 0.579. The number of rotatable bonds is 4. The molecule has 0 spiro atoms. The average Bonchev–Trinajstić information content (AvgIpc) is 3.09. The van der Waals surface area contributed by atoms with Crippen LogP contribution in [-0.4, -0.2) is 54.3 Å². The minimum absolute atomic E-state index is 0.0450. The van der Waals surface area contributed by atoms with Gasteiger partial charge in [0.2, 0.25) is 5.91 Å². The third-order valence-electron chi connectivity index (χ3n) is 5.12. The molecule has 2 saturated heterocycles. The Labute approximate surface area is 144 Å². The van der Waals surface area contributed by atoms with Crippen LogP contribution in [0.2, 0.25) is 0 Å². The van der Waals surface area contributed by atoms with Gasteiger partial charge >= 0.3 is 0 Å². The highest BCUT2D eigenvalue weighted by molar-refractivity contribution is 5.94. The summed E-state index contributed by atoms with van der Waals surface area (Å²) in [5, 5.41) is 2.75. The van der Waals surface area contributed by atoms with Crippen molar-refractivity contribution in [1.29, 1.82) is 0 Å². The third kappa shape index (κ3) is 3.78. The number of carbonyl (C=O) groups is 2. The SMILES string of the molecule is CNC(=O)C1CCCN1Cc1cccc(C(=O)N2CCCCC2)c1. The van der Waals surface area contributed by atoms with Gasteiger partial charge in [-0.15, -0.1) is 0 Å². The van der Waals surface area contributed by atoms with Crippen LogP contribution in [0.25, 0.3) is 0 Å². The fourth-order valence-corrected chi connectivity index (χ4v) is 3.80. The van der Waals surface area contributed by atoms with Gasteiger partial charge in [0.05, 0.1) is 6.04 Å². The van der Waals surface area contributed by atoms with Crippen molar-refractivity contribution in [3.8, 4) is 0 Å². The molecule has 0 saturated carbocycles. The summed E-state index contributed by atoms with van der Waals surface area (Å²) >= 11 is 0. The van der Waals surface area contributed by atoms with Crippen molar-refractivity contribution in [3.05, 3.63) is 35.4 Å². The van der Waals surface area contributed by atoms with Gasteiger partial charge in [0.15, 0.2) is 0 Å². The zero-order valence-electron chi connectivity index (χ0n) is 14.5. The summed E-state index contributed by atoms with van der Waals surface area (Å²) in [6, 6.07) is 7.86. The molecule has 0 radical (unpaired) electrons. The van der Waals surface area contributed by atoms with E-state index in [1.165, 1.54) is 6.42 Å². The molecule has 1 aromatic rings. The molecule has 24 heavy (non-hydrogen) atoms. The van der Waals surface area contributed by atoms with Crippen LogP contribution in [0.5, 0.6) is 0 Å². The minimum atomic E-state index is -0.0450. The number of amides is 2. The Balaban J connectivity index is 1.68. The Bertz CT molecular complexity index is 596. The number of benzene rings is 1. The first kappa shape index (κ1) is 17.0. The highest BCUT2D eigenvalue weighted by Gasteiger charge is 2.30. The molecule has 2 amide bonds. The van der Waals surface area contributed by atoms with Gasteiger partial charge in [-0.3, -0.25) is 14.5 Å². The lowest BCUT2D eigenvalue weighted by atomic mass is 10.1. The van der Waals surface area contributed by atoms with Crippen molar-refractivity contribution in [3.63, 3.8) is 0 Å². The molecule has 5 heteroatoms. The van der Waals surface area contributed by atoms with Crippen molar-refractivity contribution in [1.82, 2.24) is 15.1 Å². The first-order valence-electron chi connectivity index (χ1n) is 9.03. The Hall–Kier alpha value is -1.88. The molecule has 2 aliphatic rings. The predicted octanol–water partition coefficient (Wildman–Crippen LogP) is 2.02. The molecule has 1 atom stereocenters. The first-order chi connectivity index (χ1) is 11.7. The van der Waals surface area contributed by atoms with E-state index in [4.69, 9.17) is 0 Å². The molecule has 3 rings (SSSR count). The molecule has 1 aromatic carbocycles. The molecule has 2 heterocycles. The summed E-state index contributed by atoms with van der Waals surface area (Å²) in [6.45, 7) is 3.39. The van der Waals surface area contributed by atoms with E-state index in [0.29, 0.717) is 0 Å². The van der Waals surface area contributed by atoms with Crippen molar-refractivity contribution in [2.45, 2.75) is 44.7 Å². The Morgan fingerprint density at radius 3 is 2.67 bits per heavy atom. The number of nitrogens with zero attached hydrogens (tertiary/aromatic N) is 2. The molecular formula is C19H27N3O2. The number of carbonyl (C=O) groups excluding carboxylic acids is 2. The van der Waals surface area contributed by atoms with E-state index in [0.717, 1.165) is 63.0 Å². The smallest absolute Gasteiger partial charge is 0.253 e. The van der Waals surface area contributed by atoms with Crippen molar-refractivity contribution < 1.29 is 9.59 Å². The average molecular weight is 329 g/mol. The van der Waals surface area contributed by atoms with E-state index < -0.39 is 0 Å². The summed E-state index contributed by atoms with van der Waals surface area (Å²) < 4.78 is 0. The van der Waals surface area contributed by atoms with Crippen molar-refractivity contribution >= 4 is 11.8 Å². The lowest BCUT2D eigenvalue weighted by Crippen LogP contribution is -2.41. The molecule has 5 nitrogen and oxygen atoms in total. The highest BCUT2D eigenvalue weighted by atomic mass is 16.2. The largest absolute Gasteiger partial charge is 0.358 e. The third-order valence-corrected chi connectivity index (χ3v) is 5.12. The summed E-state index contributed by atoms with van der Waals surface area (Å²) in [5.74, 6) is 0.230. The molecule has 2 fully saturated rings. The Kier molecular flexibility index (Phi) is 5.51. The second-order valence-corrected chi connectivity index (χ2v) is 6.80. The van der Waals surface area contributed by atoms with Gasteiger partial charge in [0, 0.05) is 32.2 Å². The monoisotopic (exact) mass is 329 g/mol. The number of piperidine rings is 1. The van der Waals surface area contributed by atoms with Gasteiger partial charge in [-0.2, -0.15) is 0 Å². The maximum atomic E-state index is 12.7. The maximum Gasteiger partial charge on any atom is 0.253 e. The minimum Gasteiger partial charge on any atom is -0.358 e. The molecule has 0 aliphatic carbocycles. The van der Waals surface area contributed by atoms with Gasteiger partial charge in [0.1, 0.15) is 0 Å². The van der Waals surface area contributed by atoms with E-state index in [1.807, 2.05) is 29.2 Å². The fourth-order valence-electron chi connectivity index (χ4n) is 3.80. The van der Waals surface area contributed by atoms with Gasteiger partial charge in [-0.1, -0.05) is 12.1 Å². The standard InChI is InChI=1S/C19H27N3O2/c1-20-18(23)17-9-6-12-22(17)14-15-7-5-8-16(13-15)19(24)21-10-3-2-4-11-21/h5,7-8,13,17H,2-4,6,9-12,14H2,1H3,(H,20,23). The molecular weight excluding hydrogens is 302 g/mol. The van der Waals surface area contributed by atoms with Gasteiger partial charge in [0.25, 0.3) is 5.91 Å². The van der Waals surface area contributed by atoms with Crippen LogP contribution in [0.3, 0.4) is 0 Å². The number of likely N-dealkylation sites (tertiary alicyclic amines) is 2. The van der Waals surface area contributed by atoms with Crippen LogP contribution in [0, 0.1) is 0 Å². The molecule has 1 unspecified atom stereocenters. The Morgan fingerprint density at radius 2 is 1.92 bits per heavy atom. The lowest BCUT2D eigenvalue weighted by Gasteiger charge is -2.27. The molecule has 0 aromatic heterocycles. The molecule has 130 valence electrons. The highest BCUT2D eigenvalue weighted by Crippen LogP contribution is 2.21. The van der Waals surface area contributed by atoms with Crippen LogP contribution < -0.4 is 5.32 Å². The number of likely N-dealkylation sites (N-methyl/N-ethyl adjacent to an activating group) is 1. The molecule has 0 bridgehead atoms. The zero-order valence-corrected chi connectivity index (χ0v) is 14.5. The van der Waals surface area contributed by atoms with E-state index in [1.54, 1.807) is 7.05 Å². The zero-order chi connectivity index (χ0) is 16.9. The van der Waals surface area contributed by atoms with E-state index >= 15 is 0 Å². The van der Waals surface area contributed by atoms with Crippen molar-refractivity contribution in [2.24, 2.45) is 0 Å². The summed E-state index contributed by atoms with van der Waals surface area (Å²) in [7, 11) is 1.69. The van der Waals surface area contributed by atoms with Crippen LogP contribution in [0.1, 0.15) is 48.0 Å². The van der Waals surface area contributed by atoms with Gasteiger partial charge < -0.3 is 10.2 Å². The van der Waals surface area contributed by atoms with Gasteiger partial charge in [-0.25, -0.2) is 0 Å². The molecule has 2 aliphatic heterocycles. The Morgan fingerprint density at radius 1 is 1.12 bits per heavy atom. The van der Waals surface area contributed by atoms with E-state index in [-0.39, 0.29) is 17.9 Å². The van der Waals surface area contributed by atoms with Crippen LogP contribution in [-0.2, 0) is 11.3 Å². The summed E-state index contributed by atoms with van der Waals surface area (Å²) in [4.78, 5) is 28.8. The van der Waals surface area contributed by atoms with E-state index in [9.17, 15) is 9.59 Å². The second-order valence-electron chi connectivity index (χ2n) is 6.80. The maximum absolute atomic E-state index is 12.7. The first-order valence-corrected chi connectivity index (χ1v) is 9.03. The number of hydrogen-bond donors (Lipinski definition) is 1. The second kappa shape index (κ2) is 7.79. The topological polar surface area (TPSA) is 52.7 Å². The van der Waals surface area contributed by atoms with Crippen LogP contribution in [0.4, 0.5) is 0 Å². The normalized spacial score (nSPS) is 21.7. The van der Waals surface area contributed by atoms with Crippen LogP contribution in [0.15, 0.2) is 24.3 Å². The van der Waals surface area contributed by atoms with Crippen molar-refractivity contribution in [2.75, 3.05) is 26.7 Å². The van der Waals surface area contributed by atoms with Crippen LogP contribution >= 0.6 is 0 Å². The molecule has 1 N–H and O–H groups in total. The number of hydrogen-bond acceptors (Lipinski definition) is 3. The summed E-state index contributed by atoms with van der Waals surface area (Å²) in [6.07, 6.45) is 5.39. The summed E-state index contributed by atoms with van der Waals surface area (Å²) in [5.41, 5.74) is 1.87. The van der Waals surface area contributed by atoms with Gasteiger partial charge in [-0.05, 0) is 56.3 Å². The van der Waals surface area contributed by atoms with E-state index in [2.05, 4.69) is 10.2 Å².